The molecule has 0 atom stereocenters. The van der Waals surface area contributed by atoms with E-state index in [-0.39, 0.29) is 0 Å². The van der Waals surface area contributed by atoms with E-state index in [0.717, 1.165) is 38.0 Å². The topological polar surface area (TPSA) is 55.6 Å². The van der Waals surface area contributed by atoms with Crippen molar-refractivity contribution in [3.8, 4) is 17.1 Å². The molecule has 9 heteroatoms. The standard InChI is InChI=1S/C23H13ClF2IN5/c24-16-7-4-13(10-19(16)27)28-20-2-1-3-21-15(20)6-9-22(29-21)23-12-32(31-30-23)14-5-8-17(25)18(26)11-14/h1-12,28H. The molecule has 0 aliphatic heterocycles. The third kappa shape index (κ3) is 4.03. The van der Waals surface area contributed by atoms with Gasteiger partial charge < -0.3 is 5.32 Å². The van der Waals surface area contributed by atoms with Crippen molar-refractivity contribution in [1.29, 1.82) is 0 Å². The van der Waals surface area contributed by atoms with E-state index in [4.69, 9.17) is 16.6 Å². The number of rotatable bonds is 4. The minimum atomic E-state index is -0.946. The zero-order valence-electron chi connectivity index (χ0n) is 16.2. The van der Waals surface area contributed by atoms with Crippen LogP contribution in [-0.4, -0.2) is 20.0 Å². The van der Waals surface area contributed by atoms with Gasteiger partial charge in [-0.05, 0) is 77.2 Å². The molecule has 158 valence electrons. The van der Waals surface area contributed by atoms with Gasteiger partial charge in [0.2, 0.25) is 0 Å². The third-order valence-corrected chi connectivity index (χ3v) is 6.39. The first-order valence-corrected chi connectivity index (χ1v) is 10.9. The summed E-state index contributed by atoms with van der Waals surface area (Å²) in [6.07, 6.45) is 1.62. The van der Waals surface area contributed by atoms with Gasteiger partial charge >= 0.3 is 0 Å². The number of halogens is 4. The van der Waals surface area contributed by atoms with Gasteiger partial charge in [-0.3, -0.25) is 0 Å². The maximum atomic E-state index is 13.5. The maximum absolute atomic E-state index is 13.5. The summed E-state index contributed by atoms with van der Waals surface area (Å²) < 4.78 is 29.1. The second kappa shape index (κ2) is 8.44. The van der Waals surface area contributed by atoms with E-state index in [2.05, 4.69) is 38.2 Å². The number of pyridine rings is 1. The molecule has 0 unspecified atom stereocenters. The van der Waals surface area contributed by atoms with Gasteiger partial charge in [0.05, 0.1) is 28.1 Å². The molecule has 0 radical (unpaired) electrons. The predicted molar refractivity (Wildman–Crippen MR) is 129 cm³/mol. The quantitative estimate of drug-likeness (QED) is 0.247. The molecule has 0 saturated heterocycles. The Morgan fingerprint density at radius 3 is 2.59 bits per heavy atom. The Morgan fingerprint density at radius 1 is 0.906 bits per heavy atom. The van der Waals surface area contributed by atoms with E-state index in [1.807, 2.05) is 48.5 Å². The molecule has 5 aromatic rings. The van der Waals surface area contributed by atoms with Crippen molar-refractivity contribution >= 4 is 56.5 Å². The third-order valence-electron chi connectivity index (χ3n) is 4.85. The second-order valence-corrected chi connectivity index (χ2v) is 8.54. The summed E-state index contributed by atoms with van der Waals surface area (Å²) in [6, 6.07) is 18.9. The van der Waals surface area contributed by atoms with Gasteiger partial charge in [-0.25, -0.2) is 18.4 Å². The lowest BCUT2D eigenvalue weighted by Gasteiger charge is -2.11. The maximum Gasteiger partial charge on any atom is 0.160 e. The minimum absolute atomic E-state index is 0.368. The van der Waals surface area contributed by atoms with E-state index >= 15 is 0 Å². The molecule has 5 rings (SSSR count). The summed E-state index contributed by atoms with van der Waals surface area (Å²) in [4.78, 5) is 4.71. The number of nitrogens with zero attached hydrogens (tertiary/aromatic N) is 4. The molecule has 0 spiro atoms. The van der Waals surface area contributed by atoms with Crippen molar-refractivity contribution < 1.29 is 8.78 Å². The molecule has 2 heterocycles. The number of anilines is 2. The highest BCUT2D eigenvalue weighted by Crippen LogP contribution is 2.30. The molecule has 0 aliphatic rings. The molecular weight excluding hydrogens is 547 g/mol. The normalized spacial score (nSPS) is 11.1. The minimum Gasteiger partial charge on any atom is -0.355 e. The molecule has 0 amide bonds. The van der Waals surface area contributed by atoms with Crippen LogP contribution in [0.25, 0.3) is 28.0 Å². The highest BCUT2D eigenvalue weighted by Gasteiger charge is 2.11. The van der Waals surface area contributed by atoms with Crippen LogP contribution in [0.5, 0.6) is 0 Å². The average Bonchev–Trinajstić information content (AvgIpc) is 3.28. The first kappa shape index (κ1) is 20.8. The summed E-state index contributed by atoms with van der Waals surface area (Å²) in [5.41, 5.74) is 4.10. The van der Waals surface area contributed by atoms with Crippen molar-refractivity contribution in [3.05, 3.63) is 93.2 Å². The van der Waals surface area contributed by atoms with Crippen LogP contribution in [0.15, 0.2) is 72.9 Å². The first-order chi connectivity index (χ1) is 15.5. The van der Waals surface area contributed by atoms with E-state index in [9.17, 15) is 8.78 Å². The smallest absolute Gasteiger partial charge is 0.160 e. The average molecular weight is 560 g/mol. The fraction of sp³-hybridized carbons (Fsp3) is 0. The molecule has 2 aromatic heterocycles. The number of aromatic nitrogens is 4. The molecule has 0 aliphatic carbocycles. The Morgan fingerprint density at radius 2 is 1.78 bits per heavy atom. The first-order valence-electron chi connectivity index (χ1n) is 9.48. The lowest BCUT2D eigenvalue weighted by Crippen LogP contribution is -1.96. The van der Waals surface area contributed by atoms with Gasteiger partial charge in [0.25, 0.3) is 0 Å². The molecular formula is C23H13ClF2IN5. The number of fused-ring (bicyclic) bond motifs is 1. The number of nitrogens with one attached hydrogen (secondary N) is 1. The van der Waals surface area contributed by atoms with Crippen LogP contribution in [0.2, 0.25) is 5.02 Å². The highest BCUT2D eigenvalue weighted by atomic mass is 127. The molecule has 3 aromatic carbocycles. The zero-order chi connectivity index (χ0) is 22.2. The Kier molecular flexibility index (Phi) is 5.48. The SMILES string of the molecule is Fc1ccc(-n2cc(-c3ccc4c(Nc5ccc(Cl)c(I)c5)cccc4n3)nn2)cc1F. The summed E-state index contributed by atoms with van der Waals surface area (Å²) in [5.74, 6) is -1.86. The molecule has 32 heavy (non-hydrogen) atoms. The van der Waals surface area contributed by atoms with E-state index in [1.165, 1.54) is 10.7 Å². The van der Waals surface area contributed by atoms with Crippen LogP contribution in [-0.2, 0) is 0 Å². The molecule has 0 bridgehead atoms. The van der Waals surface area contributed by atoms with Crippen LogP contribution < -0.4 is 5.32 Å². The number of hydrogen-bond donors (Lipinski definition) is 1. The van der Waals surface area contributed by atoms with Gasteiger partial charge in [-0.1, -0.05) is 22.9 Å². The monoisotopic (exact) mass is 559 g/mol. The van der Waals surface area contributed by atoms with Gasteiger partial charge in [-0.2, -0.15) is 0 Å². The number of benzene rings is 3. The van der Waals surface area contributed by atoms with Crippen LogP contribution in [0.4, 0.5) is 20.2 Å². The predicted octanol–water partition coefficient (Wildman–Crippen LogP) is 6.76. The fourth-order valence-electron chi connectivity index (χ4n) is 3.27. The van der Waals surface area contributed by atoms with Gasteiger partial charge in [0, 0.05) is 26.4 Å². The lowest BCUT2D eigenvalue weighted by molar-refractivity contribution is 0.507. The van der Waals surface area contributed by atoms with Crippen molar-refractivity contribution in [2.75, 3.05) is 5.32 Å². The number of hydrogen-bond acceptors (Lipinski definition) is 4. The van der Waals surface area contributed by atoms with Gasteiger partial charge in [-0.15, -0.1) is 5.10 Å². The van der Waals surface area contributed by atoms with Crippen molar-refractivity contribution in [1.82, 2.24) is 20.0 Å². The second-order valence-electron chi connectivity index (χ2n) is 6.97. The molecule has 5 nitrogen and oxygen atoms in total. The molecule has 1 N–H and O–H groups in total. The molecule has 0 saturated carbocycles. The zero-order valence-corrected chi connectivity index (χ0v) is 19.1. The van der Waals surface area contributed by atoms with Crippen molar-refractivity contribution in [2.45, 2.75) is 0 Å². The molecule has 0 fully saturated rings. The lowest BCUT2D eigenvalue weighted by atomic mass is 10.1. The highest BCUT2D eigenvalue weighted by molar-refractivity contribution is 14.1. The van der Waals surface area contributed by atoms with Crippen LogP contribution in [0.3, 0.4) is 0 Å². The fourth-order valence-corrected chi connectivity index (χ4v) is 3.90. The summed E-state index contributed by atoms with van der Waals surface area (Å²) >= 11 is 8.31. The summed E-state index contributed by atoms with van der Waals surface area (Å²) in [6.45, 7) is 0. The van der Waals surface area contributed by atoms with Gasteiger partial charge in [0.15, 0.2) is 11.6 Å². The Hall–Kier alpha value is -3.11. The van der Waals surface area contributed by atoms with E-state index in [0.29, 0.717) is 22.1 Å². The van der Waals surface area contributed by atoms with E-state index in [1.54, 1.807) is 6.20 Å². The van der Waals surface area contributed by atoms with Crippen LogP contribution in [0.1, 0.15) is 0 Å². The van der Waals surface area contributed by atoms with Crippen molar-refractivity contribution in [3.63, 3.8) is 0 Å². The Labute approximate surface area is 200 Å². The largest absolute Gasteiger partial charge is 0.355 e. The Bertz CT molecular complexity index is 1470. The Balaban J connectivity index is 1.47. The van der Waals surface area contributed by atoms with Crippen molar-refractivity contribution in [2.24, 2.45) is 0 Å². The van der Waals surface area contributed by atoms with Crippen LogP contribution in [0, 0.1) is 15.2 Å². The van der Waals surface area contributed by atoms with E-state index < -0.39 is 11.6 Å². The van der Waals surface area contributed by atoms with Crippen LogP contribution >= 0.6 is 34.2 Å². The summed E-state index contributed by atoms with van der Waals surface area (Å²) in [7, 11) is 0. The summed E-state index contributed by atoms with van der Waals surface area (Å²) in [5, 5.41) is 13.2. The van der Waals surface area contributed by atoms with Gasteiger partial charge in [0.1, 0.15) is 5.69 Å².